The van der Waals surface area contributed by atoms with Gasteiger partial charge in [0.2, 0.25) is 5.91 Å². The summed E-state index contributed by atoms with van der Waals surface area (Å²) in [7, 11) is 0. The zero-order chi connectivity index (χ0) is 12.9. The molecule has 3 N–H and O–H groups in total. The minimum Gasteiger partial charge on any atom is -0.394 e. The topological polar surface area (TPSA) is 130 Å². The van der Waals surface area contributed by atoms with Crippen molar-refractivity contribution in [2.45, 2.75) is 12.0 Å². The molecule has 1 atom stereocenters. The maximum atomic E-state index is 11.7. The first kappa shape index (κ1) is 13.7. The molecule has 0 radical (unpaired) electrons. The molecule has 0 bridgehead atoms. The van der Waals surface area contributed by atoms with E-state index in [0.717, 1.165) is 0 Å². The summed E-state index contributed by atoms with van der Waals surface area (Å²) in [5.74, 6) is -0.400. The van der Waals surface area contributed by atoms with Gasteiger partial charge in [-0.15, -0.1) is 0 Å². The van der Waals surface area contributed by atoms with Crippen LogP contribution in [-0.4, -0.2) is 64.6 Å². The number of hydrogen-bond acceptors (Lipinski definition) is 5. The number of amides is 1. The summed E-state index contributed by atoms with van der Waals surface area (Å²) in [6.07, 6.45) is 0.195. The van der Waals surface area contributed by atoms with Gasteiger partial charge in [-0.25, -0.2) is 0 Å². The van der Waals surface area contributed by atoms with Crippen LogP contribution in [0.5, 0.6) is 0 Å². The van der Waals surface area contributed by atoms with Gasteiger partial charge in [0.1, 0.15) is 5.54 Å². The molecule has 0 saturated carbocycles. The molecule has 0 aromatic carbocycles. The Hall–Kier alpha value is -1.34. The summed E-state index contributed by atoms with van der Waals surface area (Å²) in [5, 5.41) is 31.1. The van der Waals surface area contributed by atoms with Crippen LogP contribution in [0, 0.1) is 5.92 Å². The smallest absolute Gasteiger partial charge is 0.223 e. The summed E-state index contributed by atoms with van der Waals surface area (Å²) in [4.78, 5) is 15.6. The van der Waals surface area contributed by atoms with E-state index in [4.69, 9.17) is 5.53 Å². The van der Waals surface area contributed by atoms with Gasteiger partial charge < -0.3 is 20.2 Å². The number of aliphatic hydroxyl groups is 3. The van der Waals surface area contributed by atoms with Gasteiger partial charge in [-0.3, -0.25) is 4.79 Å². The van der Waals surface area contributed by atoms with Crippen molar-refractivity contribution in [1.82, 2.24) is 4.90 Å². The Labute approximate surface area is 98.1 Å². The minimum atomic E-state index is -1.33. The summed E-state index contributed by atoms with van der Waals surface area (Å²) in [6.45, 7) is -1.09. The molecule has 0 aliphatic carbocycles. The SMILES string of the molecule is [N-]=[N+]=NCC1CC(=O)N(C(CO)(CO)CO)C1. The Morgan fingerprint density at radius 2 is 2.00 bits per heavy atom. The summed E-state index contributed by atoms with van der Waals surface area (Å²) in [5.41, 5.74) is 6.87. The van der Waals surface area contributed by atoms with E-state index in [0.29, 0.717) is 0 Å². The zero-order valence-corrected chi connectivity index (χ0v) is 9.36. The van der Waals surface area contributed by atoms with E-state index in [9.17, 15) is 20.1 Å². The number of hydrogen-bond donors (Lipinski definition) is 3. The molecular weight excluding hydrogens is 228 g/mol. The molecule has 8 nitrogen and oxygen atoms in total. The van der Waals surface area contributed by atoms with Crippen LogP contribution >= 0.6 is 0 Å². The molecular formula is C9H16N4O4. The third-order valence-electron chi connectivity index (χ3n) is 3.06. The summed E-state index contributed by atoms with van der Waals surface area (Å²) < 4.78 is 0. The third-order valence-corrected chi connectivity index (χ3v) is 3.06. The lowest BCUT2D eigenvalue weighted by Crippen LogP contribution is -2.57. The van der Waals surface area contributed by atoms with Crippen LogP contribution in [-0.2, 0) is 4.79 Å². The Balaban J connectivity index is 2.78. The van der Waals surface area contributed by atoms with E-state index in [-0.39, 0.29) is 31.3 Å². The van der Waals surface area contributed by atoms with Crippen molar-refractivity contribution in [3.05, 3.63) is 10.4 Å². The summed E-state index contributed by atoms with van der Waals surface area (Å²) in [6, 6.07) is 0. The van der Waals surface area contributed by atoms with Crippen LogP contribution in [0.3, 0.4) is 0 Å². The van der Waals surface area contributed by atoms with Crippen LogP contribution in [0.25, 0.3) is 10.4 Å². The maximum absolute atomic E-state index is 11.7. The Kier molecular flexibility index (Phi) is 4.71. The van der Waals surface area contributed by atoms with Crippen molar-refractivity contribution in [2.24, 2.45) is 11.0 Å². The van der Waals surface area contributed by atoms with Gasteiger partial charge in [0.15, 0.2) is 0 Å². The Morgan fingerprint density at radius 1 is 1.41 bits per heavy atom. The van der Waals surface area contributed by atoms with E-state index in [1.165, 1.54) is 4.90 Å². The molecule has 1 rings (SSSR count). The van der Waals surface area contributed by atoms with Gasteiger partial charge in [-0.05, 0) is 11.4 Å². The van der Waals surface area contributed by atoms with Gasteiger partial charge in [0.25, 0.3) is 0 Å². The highest BCUT2D eigenvalue weighted by Crippen LogP contribution is 2.26. The molecule has 1 saturated heterocycles. The number of carbonyl (C=O) groups is 1. The molecule has 96 valence electrons. The standard InChI is InChI=1S/C9H16N4O4/c10-12-11-2-7-1-8(17)13(3-7)9(4-14,5-15)6-16/h7,14-16H,1-6H2. The van der Waals surface area contributed by atoms with Crippen molar-refractivity contribution < 1.29 is 20.1 Å². The van der Waals surface area contributed by atoms with Crippen molar-refractivity contribution in [3.8, 4) is 0 Å². The van der Waals surface area contributed by atoms with Crippen LogP contribution in [0.15, 0.2) is 5.11 Å². The normalized spacial score (nSPS) is 20.5. The Morgan fingerprint density at radius 3 is 2.47 bits per heavy atom. The molecule has 0 aromatic rings. The van der Waals surface area contributed by atoms with Gasteiger partial charge in [0.05, 0.1) is 19.8 Å². The monoisotopic (exact) mass is 244 g/mol. The van der Waals surface area contributed by atoms with E-state index in [2.05, 4.69) is 10.0 Å². The largest absolute Gasteiger partial charge is 0.394 e. The highest BCUT2D eigenvalue weighted by molar-refractivity contribution is 5.79. The van der Waals surface area contributed by atoms with Crippen LogP contribution in [0.2, 0.25) is 0 Å². The third kappa shape index (κ3) is 2.67. The van der Waals surface area contributed by atoms with Gasteiger partial charge in [-0.1, -0.05) is 5.11 Å². The zero-order valence-electron chi connectivity index (χ0n) is 9.36. The number of aliphatic hydroxyl groups excluding tert-OH is 3. The highest BCUT2D eigenvalue weighted by Gasteiger charge is 2.43. The van der Waals surface area contributed by atoms with Crippen LogP contribution in [0.1, 0.15) is 6.42 Å². The molecule has 1 aliphatic heterocycles. The van der Waals surface area contributed by atoms with Crippen molar-refractivity contribution in [3.63, 3.8) is 0 Å². The van der Waals surface area contributed by atoms with E-state index >= 15 is 0 Å². The lowest BCUT2D eigenvalue weighted by atomic mass is 10.0. The van der Waals surface area contributed by atoms with E-state index in [1.807, 2.05) is 0 Å². The average molecular weight is 244 g/mol. The van der Waals surface area contributed by atoms with Gasteiger partial charge >= 0.3 is 0 Å². The minimum absolute atomic E-state index is 0.137. The van der Waals surface area contributed by atoms with Gasteiger partial charge in [0, 0.05) is 24.4 Å². The lowest BCUT2D eigenvalue weighted by Gasteiger charge is -2.37. The van der Waals surface area contributed by atoms with E-state index < -0.39 is 25.4 Å². The molecule has 8 heteroatoms. The molecule has 1 fully saturated rings. The Bertz CT molecular complexity index is 317. The fourth-order valence-corrected chi connectivity index (χ4v) is 1.92. The average Bonchev–Trinajstić information content (AvgIpc) is 2.72. The fourth-order valence-electron chi connectivity index (χ4n) is 1.92. The van der Waals surface area contributed by atoms with Crippen molar-refractivity contribution >= 4 is 5.91 Å². The summed E-state index contributed by atoms with van der Waals surface area (Å²) >= 11 is 0. The number of azide groups is 1. The van der Waals surface area contributed by atoms with Crippen LogP contribution in [0.4, 0.5) is 0 Å². The number of rotatable bonds is 6. The number of nitrogens with zero attached hydrogens (tertiary/aromatic N) is 4. The van der Waals surface area contributed by atoms with Crippen LogP contribution < -0.4 is 0 Å². The first-order chi connectivity index (χ1) is 8.13. The molecule has 1 aliphatic rings. The number of carbonyl (C=O) groups excluding carboxylic acids is 1. The van der Waals surface area contributed by atoms with Gasteiger partial charge in [-0.2, -0.15) is 0 Å². The molecule has 0 spiro atoms. The highest BCUT2D eigenvalue weighted by atomic mass is 16.3. The molecule has 17 heavy (non-hydrogen) atoms. The fraction of sp³-hybridized carbons (Fsp3) is 0.889. The van der Waals surface area contributed by atoms with Crippen molar-refractivity contribution in [1.29, 1.82) is 0 Å². The first-order valence-corrected chi connectivity index (χ1v) is 5.27. The first-order valence-electron chi connectivity index (χ1n) is 5.27. The van der Waals surface area contributed by atoms with Crippen molar-refractivity contribution in [2.75, 3.05) is 32.9 Å². The molecule has 1 amide bonds. The molecule has 0 aromatic heterocycles. The number of likely N-dealkylation sites (tertiary alicyclic amines) is 1. The quantitative estimate of drug-likeness (QED) is 0.309. The predicted molar refractivity (Wildman–Crippen MR) is 57.8 cm³/mol. The molecule has 1 unspecified atom stereocenters. The second kappa shape index (κ2) is 5.83. The second-order valence-electron chi connectivity index (χ2n) is 4.19. The van der Waals surface area contributed by atoms with E-state index in [1.54, 1.807) is 0 Å². The maximum Gasteiger partial charge on any atom is 0.223 e. The molecule has 1 heterocycles. The predicted octanol–water partition coefficient (Wildman–Crippen LogP) is -1.14. The second-order valence-corrected chi connectivity index (χ2v) is 4.19. The lowest BCUT2D eigenvalue weighted by molar-refractivity contribution is -0.140.